The fourth-order valence-corrected chi connectivity index (χ4v) is 3.28. The van der Waals surface area contributed by atoms with Gasteiger partial charge in [-0.3, -0.25) is 4.79 Å². The Bertz CT molecular complexity index is 895. The van der Waals surface area contributed by atoms with Gasteiger partial charge in [0.25, 0.3) is 0 Å². The normalized spacial score (nSPS) is 12.5. The average molecular weight is 292 g/mol. The predicted molar refractivity (Wildman–Crippen MR) is 87.5 cm³/mol. The third-order valence-electron chi connectivity index (χ3n) is 4.31. The Labute approximate surface area is 128 Å². The summed E-state index contributed by atoms with van der Waals surface area (Å²) < 4.78 is 0. The van der Waals surface area contributed by atoms with Crippen LogP contribution in [0.1, 0.15) is 15.9 Å². The summed E-state index contributed by atoms with van der Waals surface area (Å²) in [5.74, 6) is 1.01. The Hall–Kier alpha value is -2.59. The molecule has 1 heterocycles. The van der Waals surface area contributed by atoms with E-state index in [9.17, 15) is 9.90 Å². The van der Waals surface area contributed by atoms with Crippen molar-refractivity contribution in [1.29, 1.82) is 0 Å². The van der Waals surface area contributed by atoms with Crippen molar-refractivity contribution >= 4 is 22.5 Å². The number of carbonyl (C=O) groups is 1. The number of anilines is 1. The second kappa shape index (κ2) is 4.71. The molecule has 0 unspecified atom stereocenters. The Kier molecular flexibility index (Phi) is 2.81. The summed E-state index contributed by atoms with van der Waals surface area (Å²) in [6.45, 7) is 0.615. The second-order valence-corrected chi connectivity index (χ2v) is 5.60. The molecule has 0 aliphatic heterocycles. The lowest BCUT2D eigenvalue weighted by Gasteiger charge is -2.21. The topological polar surface area (TPSA) is 56.3 Å². The summed E-state index contributed by atoms with van der Waals surface area (Å²) in [4.78, 5) is 18.1. The van der Waals surface area contributed by atoms with Crippen LogP contribution in [0.25, 0.3) is 22.0 Å². The van der Waals surface area contributed by atoms with E-state index < -0.39 is 0 Å². The Morgan fingerprint density at radius 1 is 1.05 bits per heavy atom. The molecule has 2 N–H and O–H groups in total. The first-order valence-corrected chi connectivity index (χ1v) is 7.33. The van der Waals surface area contributed by atoms with Crippen molar-refractivity contribution in [2.75, 3.05) is 25.1 Å². The van der Waals surface area contributed by atoms with Gasteiger partial charge < -0.3 is 15.0 Å². The van der Waals surface area contributed by atoms with Gasteiger partial charge in [-0.25, -0.2) is 0 Å². The number of fused-ring (bicyclic) bond motifs is 2. The molecule has 0 saturated heterocycles. The number of aromatic amines is 1. The SMILES string of the molecule is CN(CCO)c1[nH]c2cccc3c2c1-c1ccccc1C3=O. The van der Waals surface area contributed by atoms with Crippen molar-refractivity contribution in [3.05, 3.63) is 53.6 Å². The van der Waals surface area contributed by atoms with Crippen molar-refractivity contribution in [3.8, 4) is 11.1 Å². The number of carbonyl (C=O) groups excluding carboxylic acids is 1. The number of hydrogen-bond donors (Lipinski definition) is 2. The summed E-state index contributed by atoms with van der Waals surface area (Å²) in [5, 5.41) is 10.2. The number of likely N-dealkylation sites (N-methyl/N-ethyl adjacent to an activating group) is 1. The number of aliphatic hydroxyl groups excluding tert-OH is 1. The van der Waals surface area contributed by atoms with Crippen LogP contribution in [-0.4, -0.2) is 36.1 Å². The van der Waals surface area contributed by atoms with Crippen LogP contribution >= 0.6 is 0 Å². The van der Waals surface area contributed by atoms with E-state index in [0.29, 0.717) is 6.54 Å². The Morgan fingerprint density at radius 3 is 2.55 bits per heavy atom. The van der Waals surface area contributed by atoms with Gasteiger partial charge in [0.05, 0.1) is 6.61 Å². The molecule has 110 valence electrons. The molecule has 4 rings (SSSR count). The van der Waals surface area contributed by atoms with Gasteiger partial charge in [-0.2, -0.15) is 0 Å². The minimum Gasteiger partial charge on any atom is -0.395 e. The Morgan fingerprint density at radius 2 is 1.77 bits per heavy atom. The third-order valence-corrected chi connectivity index (χ3v) is 4.31. The standard InChI is InChI=1S/C18H16N2O2/c1-20(9-10-21)18-16-11-5-2-3-6-12(11)17(22)13-7-4-8-14(19-18)15(13)16/h2-8,19,21H,9-10H2,1H3. The van der Waals surface area contributed by atoms with Crippen LogP contribution in [0.15, 0.2) is 42.5 Å². The number of ketones is 1. The number of H-pyrrole nitrogens is 1. The van der Waals surface area contributed by atoms with Crippen molar-refractivity contribution in [3.63, 3.8) is 0 Å². The van der Waals surface area contributed by atoms with Crippen molar-refractivity contribution in [1.82, 2.24) is 4.98 Å². The molecule has 22 heavy (non-hydrogen) atoms. The van der Waals surface area contributed by atoms with Gasteiger partial charge >= 0.3 is 0 Å². The molecule has 4 nitrogen and oxygen atoms in total. The summed E-state index contributed by atoms with van der Waals surface area (Å²) in [6, 6.07) is 13.5. The van der Waals surface area contributed by atoms with E-state index >= 15 is 0 Å². The number of aromatic nitrogens is 1. The molecule has 0 radical (unpaired) electrons. The molecule has 1 aliphatic rings. The van der Waals surface area contributed by atoms with Crippen LogP contribution < -0.4 is 4.90 Å². The summed E-state index contributed by atoms with van der Waals surface area (Å²) >= 11 is 0. The smallest absolute Gasteiger partial charge is 0.194 e. The van der Waals surface area contributed by atoms with Crippen molar-refractivity contribution < 1.29 is 9.90 Å². The van der Waals surface area contributed by atoms with Crippen LogP contribution in [0.2, 0.25) is 0 Å². The Balaban J connectivity index is 2.11. The van der Waals surface area contributed by atoms with Crippen LogP contribution in [-0.2, 0) is 0 Å². The number of nitrogens with zero attached hydrogens (tertiary/aromatic N) is 1. The van der Waals surface area contributed by atoms with E-state index in [2.05, 4.69) is 4.98 Å². The lowest BCUT2D eigenvalue weighted by Crippen LogP contribution is -2.22. The number of nitrogens with one attached hydrogen (secondary N) is 1. The van der Waals surface area contributed by atoms with Crippen molar-refractivity contribution in [2.24, 2.45) is 0 Å². The second-order valence-electron chi connectivity index (χ2n) is 5.60. The third kappa shape index (κ3) is 1.64. The van der Waals surface area contributed by atoms with Crippen LogP contribution in [0.5, 0.6) is 0 Å². The van der Waals surface area contributed by atoms with Gasteiger partial charge in [0.1, 0.15) is 5.82 Å². The van der Waals surface area contributed by atoms with Crippen LogP contribution in [0, 0.1) is 0 Å². The number of aliphatic hydroxyl groups is 1. The van der Waals surface area contributed by atoms with Gasteiger partial charge in [-0.05, 0) is 11.6 Å². The monoisotopic (exact) mass is 292 g/mol. The molecule has 2 aromatic carbocycles. The highest BCUT2D eigenvalue weighted by molar-refractivity contribution is 6.27. The molecule has 1 aromatic heterocycles. The number of benzene rings is 2. The van der Waals surface area contributed by atoms with Gasteiger partial charge in [-0.1, -0.05) is 36.4 Å². The van der Waals surface area contributed by atoms with E-state index in [1.807, 2.05) is 54.4 Å². The van der Waals surface area contributed by atoms with E-state index in [1.165, 1.54) is 0 Å². The zero-order chi connectivity index (χ0) is 15.3. The quantitative estimate of drug-likeness (QED) is 0.610. The van der Waals surface area contributed by atoms with Crippen molar-refractivity contribution in [2.45, 2.75) is 0 Å². The summed E-state index contributed by atoms with van der Waals surface area (Å²) in [5.41, 5.74) is 4.44. The maximum Gasteiger partial charge on any atom is 0.194 e. The first kappa shape index (κ1) is 13.1. The molecule has 3 aromatic rings. The van der Waals surface area contributed by atoms with Gasteiger partial charge in [-0.15, -0.1) is 0 Å². The molecule has 0 amide bonds. The average Bonchev–Trinajstić information content (AvgIpc) is 2.93. The van der Waals surface area contributed by atoms with E-state index in [0.717, 1.165) is 39.0 Å². The minimum absolute atomic E-state index is 0.0732. The highest BCUT2D eigenvalue weighted by atomic mass is 16.3. The summed E-state index contributed by atoms with van der Waals surface area (Å²) in [6.07, 6.45) is 0. The highest BCUT2D eigenvalue weighted by Gasteiger charge is 2.29. The fraction of sp³-hybridized carbons (Fsp3) is 0.167. The van der Waals surface area contributed by atoms with E-state index in [4.69, 9.17) is 0 Å². The number of hydrogen-bond acceptors (Lipinski definition) is 3. The highest BCUT2D eigenvalue weighted by Crippen LogP contribution is 2.44. The van der Waals surface area contributed by atoms with E-state index in [1.54, 1.807) is 0 Å². The molecular weight excluding hydrogens is 276 g/mol. The molecule has 0 atom stereocenters. The van der Waals surface area contributed by atoms with E-state index in [-0.39, 0.29) is 12.4 Å². The summed E-state index contributed by atoms with van der Waals surface area (Å²) in [7, 11) is 1.94. The largest absolute Gasteiger partial charge is 0.395 e. The molecule has 0 spiro atoms. The first-order valence-electron chi connectivity index (χ1n) is 7.33. The maximum atomic E-state index is 12.7. The van der Waals surface area contributed by atoms with Crippen LogP contribution in [0.4, 0.5) is 5.82 Å². The zero-order valence-electron chi connectivity index (χ0n) is 12.3. The van der Waals surface area contributed by atoms with Gasteiger partial charge in [0, 0.05) is 41.2 Å². The predicted octanol–water partition coefficient (Wildman–Crippen LogP) is 2.81. The first-order chi connectivity index (χ1) is 10.7. The van der Waals surface area contributed by atoms with Gasteiger partial charge in [0.15, 0.2) is 5.78 Å². The molecule has 0 bridgehead atoms. The van der Waals surface area contributed by atoms with Gasteiger partial charge in [0.2, 0.25) is 0 Å². The minimum atomic E-state index is 0.0732. The zero-order valence-corrected chi connectivity index (χ0v) is 12.3. The maximum absolute atomic E-state index is 12.7. The fourth-order valence-electron chi connectivity index (χ4n) is 3.28. The molecular formula is C18H16N2O2. The molecule has 0 saturated carbocycles. The van der Waals surface area contributed by atoms with Crippen LogP contribution in [0.3, 0.4) is 0 Å². The molecule has 1 aliphatic carbocycles. The number of rotatable bonds is 3. The lowest BCUT2D eigenvalue weighted by atomic mass is 9.85. The molecule has 0 fully saturated rings. The molecule has 4 heteroatoms. The lowest BCUT2D eigenvalue weighted by molar-refractivity contribution is 0.104.